The van der Waals surface area contributed by atoms with Gasteiger partial charge in [0.2, 0.25) is 0 Å². The monoisotopic (exact) mass is 247 g/mol. The smallest absolute Gasteiger partial charge is 0.270 e. The van der Waals surface area contributed by atoms with Gasteiger partial charge in [0.15, 0.2) is 0 Å². The second-order valence-electron chi connectivity index (χ2n) is 4.41. The molecular weight excluding hydrogens is 230 g/mol. The molecule has 1 aliphatic rings. The summed E-state index contributed by atoms with van der Waals surface area (Å²) in [6.45, 7) is 2.59. The van der Waals surface area contributed by atoms with E-state index in [1.54, 1.807) is 18.2 Å². The summed E-state index contributed by atoms with van der Waals surface area (Å²) in [5, 5.41) is 5.58. The molecule has 1 aromatic heterocycles. The maximum absolute atomic E-state index is 11.8. The zero-order valence-corrected chi connectivity index (χ0v) is 10.4. The lowest BCUT2D eigenvalue weighted by atomic mass is 10.2. The molecule has 96 valence electrons. The van der Waals surface area contributed by atoms with Crippen molar-refractivity contribution < 1.29 is 9.59 Å². The number of nitrogens with one attached hydrogen (secondary N) is 2. The van der Waals surface area contributed by atoms with Crippen molar-refractivity contribution >= 4 is 11.8 Å². The summed E-state index contributed by atoms with van der Waals surface area (Å²) in [5.41, 5.74) is 0.581. The Morgan fingerprint density at radius 2 is 1.94 bits per heavy atom. The van der Waals surface area contributed by atoms with Crippen LogP contribution >= 0.6 is 0 Å². The molecule has 0 bridgehead atoms. The summed E-state index contributed by atoms with van der Waals surface area (Å²) in [4.78, 5) is 27.6. The van der Waals surface area contributed by atoms with E-state index in [1.165, 1.54) is 0 Å². The molecule has 2 amide bonds. The Balaban J connectivity index is 2.03. The number of hydrogen-bond donors (Lipinski definition) is 2. The van der Waals surface area contributed by atoms with Crippen LogP contribution in [0.25, 0.3) is 0 Å². The minimum Gasteiger partial charge on any atom is -0.351 e. The minimum atomic E-state index is -0.238. The maximum Gasteiger partial charge on any atom is 0.270 e. The lowest BCUT2D eigenvalue weighted by molar-refractivity contribution is 0.0943. The van der Waals surface area contributed by atoms with Gasteiger partial charge in [0.1, 0.15) is 11.4 Å². The number of carbonyl (C=O) groups is 2. The van der Waals surface area contributed by atoms with Gasteiger partial charge >= 0.3 is 0 Å². The van der Waals surface area contributed by atoms with Gasteiger partial charge in [-0.1, -0.05) is 13.0 Å². The molecule has 1 aromatic rings. The first-order valence-corrected chi connectivity index (χ1v) is 6.27. The highest BCUT2D eigenvalue weighted by Gasteiger charge is 2.24. The largest absolute Gasteiger partial charge is 0.351 e. The van der Waals surface area contributed by atoms with E-state index in [1.807, 2.05) is 6.92 Å². The van der Waals surface area contributed by atoms with Crippen LogP contribution in [0.3, 0.4) is 0 Å². The number of rotatable bonds is 5. The van der Waals surface area contributed by atoms with E-state index in [9.17, 15) is 9.59 Å². The molecule has 0 aliphatic heterocycles. The van der Waals surface area contributed by atoms with E-state index in [2.05, 4.69) is 15.6 Å². The predicted octanol–water partition coefficient (Wildman–Crippen LogP) is 1.11. The summed E-state index contributed by atoms with van der Waals surface area (Å²) in [6, 6.07) is 5.19. The highest BCUT2D eigenvalue weighted by molar-refractivity contribution is 5.96. The van der Waals surface area contributed by atoms with Crippen molar-refractivity contribution in [3.8, 4) is 0 Å². The zero-order valence-electron chi connectivity index (χ0n) is 10.4. The Kier molecular flexibility index (Phi) is 3.92. The van der Waals surface area contributed by atoms with Gasteiger partial charge in [-0.3, -0.25) is 9.59 Å². The molecule has 5 nitrogen and oxygen atoms in total. The van der Waals surface area contributed by atoms with Crippen LogP contribution in [0, 0.1) is 0 Å². The second kappa shape index (κ2) is 5.62. The third-order valence-corrected chi connectivity index (χ3v) is 2.66. The van der Waals surface area contributed by atoms with Crippen LogP contribution in [0.4, 0.5) is 0 Å². The highest BCUT2D eigenvalue weighted by Crippen LogP contribution is 2.19. The predicted molar refractivity (Wildman–Crippen MR) is 67.3 cm³/mol. The van der Waals surface area contributed by atoms with Crippen molar-refractivity contribution in [1.29, 1.82) is 0 Å². The molecule has 5 heteroatoms. The molecule has 0 aromatic carbocycles. The van der Waals surface area contributed by atoms with Crippen molar-refractivity contribution in [1.82, 2.24) is 15.6 Å². The average molecular weight is 247 g/mol. The summed E-state index contributed by atoms with van der Waals surface area (Å²) in [5.74, 6) is -0.444. The number of nitrogens with zero attached hydrogens (tertiary/aromatic N) is 1. The second-order valence-corrected chi connectivity index (χ2v) is 4.41. The maximum atomic E-state index is 11.8. The fraction of sp³-hybridized carbons (Fsp3) is 0.462. The normalized spacial score (nSPS) is 14.1. The fourth-order valence-corrected chi connectivity index (χ4v) is 1.50. The van der Waals surface area contributed by atoms with E-state index in [0.717, 1.165) is 19.3 Å². The van der Waals surface area contributed by atoms with Crippen LogP contribution in [-0.2, 0) is 0 Å². The van der Waals surface area contributed by atoms with Crippen LogP contribution in [0.5, 0.6) is 0 Å². The summed E-state index contributed by atoms with van der Waals surface area (Å²) >= 11 is 0. The molecule has 0 atom stereocenters. The molecule has 0 radical (unpaired) electrons. The zero-order chi connectivity index (χ0) is 13.0. The topological polar surface area (TPSA) is 71.1 Å². The van der Waals surface area contributed by atoms with Crippen molar-refractivity contribution in [3.05, 3.63) is 29.6 Å². The van der Waals surface area contributed by atoms with Gasteiger partial charge in [-0.2, -0.15) is 0 Å². The number of hydrogen-bond acceptors (Lipinski definition) is 3. The molecule has 2 N–H and O–H groups in total. The number of pyridine rings is 1. The molecule has 0 spiro atoms. The van der Waals surface area contributed by atoms with Gasteiger partial charge in [0, 0.05) is 12.6 Å². The molecule has 0 unspecified atom stereocenters. The van der Waals surface area contributed by atoms with E-state index in [4.69, 9.17) is 0 Å². The third kappa shape index (κ3) is 3.29. The van der Waals surface area contributed by atoms with Crippen molar-refractivity contribution in [2.24, 2.45) is 0 Å². The number of carbonyl (C=O) groups excluding carboxylic acids is 2. The molecule has 0 saturated heterocycles. The Morgan fingerprint density at radius 1 is 1.28 bits per heavy atom. The minimum absolute atomic E-state index is 0.206. The van der Waals surface area contributed by atoms with Crippen molar-refractivity contribution in [2.45, 2.75) is 32.2 Å². The summed E-state index contributed by atoms with van der Waals surface area (Å²) in [6.07, 6.45) is 2.93. The van der Waals surface area contributed by atoms with E-state index < -0.39 is 0 Å². The van der Waals surface area contributed by atoms with Gasteiger partial charge in [0.05, 0.1) is 0 Å². The van der Waals surface area contributed by atoms with Crippen LogP contribution in [0.2, 0.25) is 0 Å². The first-order chi connectivity index (χ1) is 8.70. The van der Waals surface area contributed by atoms with Gasteiger partial charge in [0.25, 0.3) is 11.8 Å². The molecular formula is C13H17N3O2. The van der Waals surface area contributed by atoms with Gasteiger partial charge in [-0.15, -0.1) is 0 Å². The van der Waals surface area contributed by atoms with Crippen molar-refractivity contribution in [3.63, 3.8) is 0 Å². The van der Waals surface area contributed by atoms with Gasteiger partial charge < -0.3 is 10.6 Å². The third-order valence-electron chi connectivity index (χ3n) is 2.66. The lowest BCUT2D eigenvalue weighted by Crippen LogP contribution is -2.28. The molecule has 2 rings (SSSR count). The van der Waals surface area contributed by atoms with Crippen LogP contribution in [-0.4, -0.2) is 29.4 Å². The average Bonchev–Trinajstić information content (AvgIpc) is 3.20. The van der Waals surface area contributed by atoms with Gasteiger partial charge in [-0.25, -0.2) is 4.98 Å². The molecule has 1 saturated carbocycles. The van der Waals surface area contributed by atoms with E-state index in [-0.39, 0.29) is 23.6 Å². The van der Waals surface area contributed by atoms with Crippen molar-refractivity contribution in [2.75, 3.05) is 6.54 Å². The molecule has 18 heavy (non-hydrogen) atoms. The van der Waals surface area contributed by atoms with E-state index >= 15 is 0 Å². The first kappa shape index (κ1) is 12.5. The van der Waals surface area contributed by atoms with Gasteiger partial charge in [-0.05, 0) is 31.4 Å². The van der Waals surface area contributed by atoms with Crippen LogP contribution < -0.4 is 10.6 Å². The highest BCUT2D eigenvalue weighted by atomic mass is 16.2. The Labute approximate surface area is 106 Å². The Hall–Kier alpha value is -1.91. The summed E-state index contributed by atoms with van der Waals surface area (Å²) < 4.78 is 0. The van der Waals surface area contributed by atoms with Crippen LogP contribution in [0.15, 0.2) is 18.2 Å². The molecule has 1 fully saturated rings. The van der Waals surface area contributed by atoms with Crippen LogP contribution in [0.1, 0.15) is 47.2 Å². The number of amides is 2. The fourth-order valence-electron chi connectivity index (χ4n) is 1.50. The Bertz CT molecular complexity index is 455. The quantitative estimate of drug-likeness (QED) is 0.819. The molecule has 1 aliphatic carbocycles. The standard InChI is InChI=1S/C13H17N3O2/c1-2-8-14-12(17)10-4-3-5-11(16-10)13(18)15-9-6-7-9/h3-5,9H,2,6-8H2,1H3,(H,14,17)(H,15,18). The first-order valence-electron chi connectivity index (χ1n) is 6.27. The van der Waals surface area contributed by atoms with E-state index in [0.29, 0.717) is 12.2 Å². The Morgan fingerprint density at radius 3 is 2.56 bits per heavy atom. The lowest BCUT2D eigenvalue weighted by Gasteiger charge is -2.05. The SMILES string of the molecule is CCCNC(=O)c1cccc(C(=O)NC2CC2)n1. The summed E-state index contributed by atoms with van der Waals surface area (Å²) in [7, 11) is 0. The molecule has 1 heterocycles. The number of aromatic nitrogens is 1.